The van der Waals surface area contributed by atoms with Crippen LogP contribution in [0.25, 0.3) is 22.0 Å². The van der Waals surface area contributed by atoms with E-state index in [0.29, 0.717) is 52.0 Å². The van der Waals surface area contributed by atoms with E-state index in [1.807, 2.05) is 36.5 Å². The zero-order valence-electron chi connectivity index (χ0n) is 27.0. The summed E-state index contributed by atoms with van der Waals surface area (Å²) in [6.45, 7) is 7.21. The van der Waals surface area contributed by atoms with Gasteiger partial charge in [-0.1, -0.05) is 47.5 Å². The Bertz CT molecular complexity index is 2050. The first-order valence-corrected chi connectivity index (χ1v) is 16.5. The second-order valence-corrected chi connectivity index (χ2v) is 13.5. The highest BCUT2D eigenvalue weighted by molar-refractivity contribution is 6.39. The van der Waals surface area contributed by atoms with Gasteiger partial charge in [-0.3, -0.25) is 19.5 Å². The molecule has 0 spiro atoms. The minimum atomic E-state index is -0.900. The molecule has 5 aromatic rings. The van der Waals surface area contributed by atoms with Gasteiger partial charge in [-0.15, -0.1) is 0 Å². The Labute approximate surface area is 288 Å². The predicted octanol–water partition coefficient (Wildman–Crippen LogP) is 6.36. The highest BCUT2D eigenvalue weighted by Crippen LogP contribution is 2.41. The molecule has 0 unspecified atom stereocenters. The van der Waals surface area contributed by atoms with Gasteiger partial charge in [0.15, 0.2) is 5.82 Å². The van der Waals surface area contributed by atoms with Crippen molar-refractivity contribution < 1.29 is 9.90 Å². The number of aromatic nitrogens is 3. The molecule has 0 bridgehead atoms. The molecule has 6 rings (SSSR count). The molecule has 1 aliphatic rings. The van der Waals surface area contributed by atoms with Crippen molar-refractivity contribution in [2.45, 2.75) is 39.0 Å². The van der Waals surface area contributed by atoms with Gasteiger partial charge < -0.3 is 25.6 Å². The number of nitrogens with zero attached hydrogens (tertiary/aromatic N) is 4. The summed E-state index contributed by atoms with van der Waals surface area (Å²) in [5.41, 5.74) is 3.41. The Morgan fingerprint density at radius 1 is 0.979 bits per heavy atom. The molecular formula is C36H37Cl2N7O3. The maximum absolute atomic E-state index is 13.4. The lowest BCUT2D eigenvalue weighted by molar-refractivity contribution is 0.0794. The Kier molecular flexibility index (Phi) is 9.82. The number of benzene rings is 2. The molecule has 4 N–H and O–H groups in total. The number of likely N-dealkylation sites (tertiary alicyclic amines) is 1. The van der Waals surface area contributed by atoms with E-state index in [2.05, 4.69) is 31.9 Å². The number of aryl methyl sites for hydroxylation is 1. The van der Waals surface area contributed by atoms with Crippen molar-refractivity contribution in [3.8, 4) is 11.1 Å². The van der Waals surface area contributed by atoms with Gasteiger partial charge in [0.1, 0.15) is 11.1 Å². The minimum absolute atomic E-state index is 0.0328. The Morgan fingerprint density at radius 2 is 1.69 bits per heavy atom. The van der Waals surface area contributed by atoms with Gasteiger partial charge in [-0.05, 0) is 74.8 Å². The number of carbonyl (C=O) groups excluding carboxylic acids is 1. The zero-order chi connectivity index (χ0) is 34.0. The van der Waals surface area contributed by atoms with Crippen LogP contribution in [0.5, 0.6) is 0 Å². The van der Waals surface area contributed by atoms with Gasteiger partial charge in [0.25, 0.3) is 11.5 Å². The lowest BCUT2D eigenvalue weighted by atomic mass is 10.0. The molecular weight excluding hydrogens is 649 g/mol. The van der Waals surface area contributed by atoms with Crippen LogP contribution in [0.3, 0.4) is 0 Å². The number of aliphatic hydroxyl groups is 1. The van der Waals surface area contributed by atoms with Crippen molar-refractivity contribution in [1.29, 1.82) is 0 Å². The number of rotatable bonds is 11. The zero-order valence-corrected chi connectivity index (χ0v) is 28.5. The number of amides is 1. The number of anilines is 3. The molecule has 2 aromatic carbocycles. The fourth-order valence-corrected chi connectivity index (χ4v) is 6.18. The van der Waals surface area contributed by atoms with Crippen molar-refractivity contribution in [2.75, 3.05) is 30.3 Å². The van der Waals surface area contributed by atoms with Gasteiger partial charge in [0, 0.05) is 61.8 Å². The second kappa shape index (κ2) is 14.0. The molecule has 1 aliphatic heterocycles. The Hall–Kier alpha value is -4.32. The molecule has 0 aliphatic carbocycles. The first-order valence-electron chi connectivity index (χ1n) is 15.7. The van der Waals surface area contributed by atoms with Gasteiger partial charge in [0.05, 0.1) is 27.0 Å². The maximum atomic E-state index is 13.4. The van der Waals surface area contributed by atoms with Crippen molar-refractivity contribution >= 4 is 57.2 Å². The van der Waals surface area contributed by atoms with E-state index in [4.69, 9.17) is 28.2 Å². The molecule has 1 saturated heterocycles. The summed E-state index contributed by atoms with van der Waals surface area (Å²) in [5, 5.41) is 21.0. The predicted molar refractivity (Wildman–Crippen MR) is 192 cm³/mol. The molecule has 1 fully saturated rings. The van der Waals surface area contributed by atoms with Crippen LogP contribution in [-0.4, -0.2) is 55.7 Å². The Morgan fingerprint density at radius 3 is 2.38 bits per heavy atom. The van der Waals surface area contributed by atoms with Crippen LogP contribution >= 0.6 is 23.2 Å². The first-order chi connectivity index (χ1) is 23.0. The summed E-state index contributed by atoms with van der Waals surface area (Å²) in [5.74, 6) is -0.0173. The highest BCUT2D eigenvalue weighted by atomic mass is 35.5. The topological polar surface area (TPSA) is 124 Å². The van der Waals surface area contributed by atoms with E-state index >= 15 is 0 Å². The van der Waals surface area contributed by atoms with E-state index in [1.54, 1.807) is 51.5 Å². The lowest BCUT2D eigenvalue weighted by Crippen LogP contribution is -2.36. The SMILES string of the molecule is Cn1cc(CNCC(C)(C)O)cc(C(=O)Nc2cccc(-c3cccc(Nc4nccc5cc(CN6CCC6)cnc45)c3Cl)c2Cl)c1=O. The van der Waals surface area contributed by atoms with Crippen LogP contribution in [0.4, 0.5) is 17.2 Å². The standard InChI is InChI=1S/C36H37Cl2N7O3/c1-36(2,48)21-39-17-23-16-27(35(47)44(3)19-23)34(46)43-29-10-5-8-26(31(29)38)25-7-4-9-28(30(25)37)42-33-32-24(11-12-40-33)15-22(18-41-32)20-45-13-6-14-45/h4-5,7-12,15-16,18-19,39,48H,6,13-14,17,20-21H2,1-3H3,(H,40,42)(H,43,46). The third-order valence-corrected chi connectivity index (χ3v) is 8.99. The van der Waals surface area contributed by atoms with Crippen molar-refractivity contribution in [1.82, 2.24) is 24.8 Å². The monoisotopic (exact) mass is 685 g/mol. The van der Waals surface area contributed by atoms with Gasteiger partial charge >= 0.3 is 0 Å². The van der Waals surface area contributed by atoms with Crippen molar-refractivity contribution in [2.24, 2.45) is 7.05 Å². The largest absolute Gasteiger partial charge is 0.389 e. The van der Waals surface area contributed by atoms with E-state index in [0.717, 1.165) is 36.1 Å². The number of nitrogens with one attached hydrogen (secondary N) is 3. The summed E-state index contributed by atoms with van der Waals surface area (Å²) in [6, 6.07) is 16.4. The summed E-state index contributed by atoms with van der Waals surface area (Å²) in [4.78, 5) is 38.0. The molecule has 0 atom stereocenters. The van der Waals surface area contributed by atoms with Crippen LogP contribution < -0.4 is 21.5 Å². The fourth-order valence-electron chi connectivity index (χ4n) is 5.63. The Balaban J connectivity index is 1.23. The molecule has 0 saturated carbocycles. The molecule has 1 amide bonds. The summed E-state index contributed by atoms with van der Waals surface area (Å²) < 4.78 is 1.36. The van der Waals surface area contributed by atoms with E-state index in [-0.39, 0.29) is 10.6 Å². The highest BCUT2D eigenvalue weighted by Gasteiger charge is 2.20. The normalized spacial score (nSPS) is 13.4. The average Bonchev–Trinajstić information content (AvgIpc) is 3.02. The van der Waals surface area contributed by atoms with Crippen molar-refractivity contribution in [3.05, 3.63) is 110 Å². The number of carbonyl (C=O) groups is 1. The van der Waals surface area contributed by atoms with Gasteiger partial charge in [0.2, 0.25) is 0 Å². The van der Waals surface area contributed by atoms with E-state index in [1.165, 1.54) is 11.0 Å². The quantitative estimate of drug-likeness (QED) is 0.127. The summed E-state index contributed by atoms with van der Waals surface area (Å²) in [6.07, 6.45) is 6.54. The number of hydrogen-bond donors (Lipinski definition) is 4. The smallest absolute Gasteiger partial charge is 0.263 e. The molecule has 248 valence electrons. The van der Waals surface area contributed by atoms with Gasteiger partial charge in [-0.2, -0.15) is 0 Å². The molecule has 0 radical (unpaired) electrons. The van der Waals surface area contributed by atoms with Crippen molar-refractivity contribution in [3.63, 3.8) is 0 Å². The first kappa shape index (κ1) is 33.6. The molecule has 10 nitrogen and oxygen atoms in total. The van der Waals surface area contributed by atoms with Crippen LogP contribution in [0.15, 0.2) is 78.0 Å². The molecule has 4 heterocycles. The number of halogens is 2. The average molecular weight is 687 g/mol. The summed E-state index contributed by atoms with van der Waals surface area (Å²) in [7, 11) is 1.59. The third kappa shape index (κ3) is 7.53. The minimum Gasteiger partial charge on any atom is -0.389 e. The number of hydrogen-bond acceptors (Lipinski definition) is 8. The second-order valence-electron chi connectivity index (χ2n) is 12.7. The molecule has 48 heavy (non-hydrogen) atoms. The van der Waals surface area contributed by atoms with Crippen LogP contribution in [0.2, 0.25) is 10.0 Å². The number of fused-ring (bicyclic) bond motifs is 1. The van der Waals surface area contributed by atoms with E-state index < -0.39 is 17.1 Å². The molecule has 12 heteroatoms. The lowest BCUT2D eigenvalue weighted by Gasteiger charge is -2.30. The fraction of sp³-hybridized carbons (Fsp3) is 0.278. The van der Waals surface area contributed by atoms with E-state index in [9.17, 15) is 14.7 Å². The number of pyridine rings is 3. The summed E-state index contributed by atoms with van der Waals surface area (Å²) >= 11 is 13.9. The molecule has 3 aromatic heterocycles. The van der Waals surface area contributed by atoms with Crippen LogP contribution in [-0.2, 0) is 20.1 Å². The third-order valence-electron chi connectivity index (χ3n) is 8.17. The van der Waals surface area contributed by atoms with Crippen LogP contribution in [0, 0.1) is 0 Å². The maximum Gasteiger partial charge on any atom is 0.263 e. The van der Waals surface area contributed by atoms with Crippen LogP contribution in [0.1, 0.15) is 41.8 Å². The van der Waals surface area contributed by atoms with Gasteiger partial charge in [-0.25, -0.2) is 4.98 Å².